The molecule has 0 aliphatic heterocycles. The van der Waals surface area contributed by atoms with Crippen molar-refractivity contribution in [2.24, 2.45) is 11.8 Å². The van der Waals surface area contributed by atoms with E-state index in [4.69, 9.17) is 45.8 Å². The Morgan fingerprint density at radius 2 is 0.823 bits per heavy atom. The van der Waals surface area contributed by atoms with Crippen LogP contribution in [0.4, 0.5) is 0 Å². The number of carbonyl (C=O) groups excluding carboxylic acids is 2. The number of hydrogen-bond acceptors (Lipinski definition) is 9. The van der Waals surface area contributed by atoms with E-state index in [0.717, 1.165) is 240 Å². The van der Waals surface area contributed by atoms with Gasteiger partial charge in [-0.05, 0) is 198 Å². The van der Waals surface area contributed by atoms with Crippen molar-refractivity contribution in [3.63, 3.8) is 0 Å². The molecule has 638 valence electrons. The van der Waals surface area contributed by atoms with Crippen molar-refractivity contribution in [1.29, 1.82) is 5.26 Å². The average molecular weight is 1760 g/mol. The number of benzene rings is 7. The largest absolute Gasteiger partial charge is 0.491 e. The van der Waals surface area contributed by atoms with Gasteiger partial charge in [0.2, 0.25) is 0 Å². The van der Waals surface area contributed by atoms with E-state index in [1.165, 1.54) is 79.2 Å². The predicted molar refractivity (Wildman–Crippen MR) is 527 cm³/mol. The number of fused-ring (bicyclic) bond motifs is 12. The van der Waals surface area contributed by atoms with Crippen molar-refractivity contribution in [3.05, 3.63) is 300 Å². The highest BCUT2D eigenvalue weighted by atomic mass is 35.5. The number of aryl methyl sites for hydroxylation is 4. The fraction of sp³-hybridized carbons (Fsp3) is 0.396. The maximum absolute atomic E-state index is 15.3. The van der Waals surface area contributed by atoms with Gasteiger partial charge in [-0.15, -0.1) is 45.3 Å². The molecule has 0 saturated heterocycles. The zero-order valence-electron chi connectivity index (χ0n) is 73.9. The molecule has 0 saturated carbocycles. The Bertz CT molecular complexity index is 5900. The molecule has 0 spiro atoms. The van der Waals surface area contributed by atoms with Crippen molar-refractivity contribution in [2.75, 3.05) is 13.2 Å². The molecule has 7 nitrogen and oxygen atoms in total. The molecule has 0 amide bonds. The molecule has 0 bridgehead atoms. The van der Waals surface area contributed by atoms with Gasteiger partial charge >= 0.3 is 0 Å². The van der Waals surface area contributed by atoms with Crippen molar-refractivity contribution in [1.82, 2.24) is 0 Å². The molecule has 4 aromatic heterocycles. The van der Waals surface area contributed by atoms with Gasteiger partial charge in [-0.3, -0.25) is 9.59 Å². The molecule has 0 N–H and O–H groups in total. The Balaban J connectivity index is 1.10. The Labute approximate surface area is 763 Å². The molecule has 4 aliphatic rings. The Hall–Kier alpha value is -9.19. The number of thiophene rings is 4. The number of nitriles is 1. The Morgan fingerprint density at radius 1 is 0.444 bits per heavy atom. The normalized spacial score (nSPS) is 15.7. The van der Waals surface area contributed by atoms with E-state index in [2.05, 4.69) is 186 Å². The monoisotopic (exact) mass is 1750 g/mol. The molecule has 15 rings (SSSR count). The number of ketones is 2. The van der Waals surface area contributed by atoms with Crippen LogP contribution in [0.1, 0.15) is 331 Å². The highest BCUT2D eigenvalue weighted by Gasteiger charge is 2.55. The number of rotatable bonds is 41. The number of unbranched alkanes of at least 4 members (excludes halogenated alkanes) is 15. The van der Waals surface area contributed by atoms with Gasteiger partial charge in [0.05, 0.1) is 82.2 Å². The van der Waals surface area contributed by atoms with Gasteiger partial charge in [-0.25, -0.2) is 15.0 Å². The number of allylic oxidation sites excluding steroid dienone is 6. The van der Waals surface area contributed by atoms with Crippen molar-refractivity contribution < 1.29 is 19.1 Å². The molecule has 11 aromatic rings. The molecule has 0 radical (unpaired) electrons. The number of carbonyl (C=O) groups is 2. The molecular weight excluding hydrogens is 1640 g/mol. The molecular formula is C111H117Cl2N3O4S4. The third kappa shape index (κ3) is 17.3. The second kappa shape index (κ2) is 40.6. The molecule has 124 heavy (non-hydrogen) atoms. The molecule has 0 fully saturated rings. The quantitative estimate of drug-likeness (QED) is 0.0165. The average Bonchev–Trinajstić information content (AvgIpc) is 1.49. The molecule has 1 unspecified atom stereocenters. The van der Waals surface area contributed by atoms with Gasteiger partial charge in [0.15, 0.2) is 17.3 Å². The van der Waals surface area contributed by atoms with Crippen LogP contribution in [0.15, 0.2) is 168 Å². The molecule has 1 atom stereocenters. The third-order valence-corrected chi connectivity index (χ3v) is 32.1. The van der Waals surface area contributed by atoms with E-state index in [0.29, 0.717) is 46.7 Å². The maximum atomic E-state index is 15.3. The first-order chi connectivity index (χ1) is 60.6. The second-order valence-electron chi connectivity index (χ2n) is 35.2. The number of ether oxygens (including phenoxy) is 2. The van der Waals surface area contributed by atoms with Crippen molar-refractivity contribution in [3.8, 4) is 37.1 Å². The first kappa shape index (κ1) is 89.6. The van der Waals surface area contributed by atoms with Crippen LogP contribution in [0.3, 0.4) is 0 Å². The Kier molecular flexibility index (Phi) is 29.4. The van der Waals surface area contributed by atoms with Crippen molar-refractivity contribution in [2.45, 2.75) is 259 Å². The van der Waals surface area contributed by atoms with E-state index >= 15 is 9.59 Å². The number of Topliss-reactive ketones (excluding diaryl/α,β-unsaturated/α-hetero) is 2. The van der Waals surface area contributed by atoms with Crippen LogP contribution in [-0.2, 0) is 36.5 Å². The van der Waals surface area contributed by atoms with E-state index in [1.54, 1.807) is 34.8 Å². The highest BCUT2D eigenvalue weighted by molar-refractivity contribution is 7.29. The standard InChI is InChI=1S/C111H117Cl2N3O4S4/c1-12-19-26-30-39-72-45-53-77(54-46-72)110(78-55-47-73(48-56-78)40-31-27-20-13-2)89-63-81(61-87-94(71(9)115-10)83-43-34-35-44-84(83)100(87)117)121-104(89)108-98(110)96-102(119-68-70(8)36-23-16-5)106-97(103(107(96)124-108)120-69-76(37-24-17-6)38-25-18-7)99-109(123-106)105-90(64-82(122-105)62-88-95(93(67-114)116-11)85-65-91(112)92(113)66-86(85)101(88)118)111(99,79-57-49-74(50-58-79)41-32-28-21-14-3)80-59-51-75(52-60-80)42-33-29-22-15-4/h34-35,43-66,70,76H,12-33,36-42,68-69H2,1-9H3/b87-61-,88-62-,94-71-,95-93+. The minimum Gasteiger partial charge on any atom is -0.491 e. The highest BCUT2D eigenvalue weighted by Crippen LogP contribution is 2.71. The van der Waals surface area contributed by atoms with Crippen molar-refractivity contribution >= 4 is 124 Å². The summed E-state index contributed by atoms with van der Waals surface area (Å²) in [6.45, 7) is 38.1. The van der Waals surface area contributed by atoms with E-state index < -0.39 is 10.8 Å². The summed E-state index contributed by atoms with van der Waals surface area (Å²) in [4.78, 5) is 44.6. The lowest BCUT2D eigenvalue weighted by Gasteiger charge is -2.35. The topological polar surface area (TPSA) is 85.1 Å². The second-order valence-corrected chi connectivity index (χ2v) is 40.2. The minimum atomic E-state index is -1.02. The smallest absolute Gasteiger partial charge is 0.270 e. The molecule has 13 heteroatoms. The zero-order valence-corrected chi connectivity index (χ0v) is 78.7. The van der Waals surface area contributed by atoms with Gasteiger partial charge in [-0.2, -0.15) is 0 Å². The summed E-state index contributed by atoms with van der Waals surface area (Å²) in [7, 11) is 0. The summed E-state index contributed by atoms with van der Waals surface area (Å²) in [5.41, 5.74) is 16.5. The first-order valence-electron chi connectivity index (χ1n) is 46.3. The van der Waals surface area contributed by atoms with Crippen LogP contribution in [-0.4, -0.2) is 24.8 Å². The van der Waals surface area contributed by atoms with Crippen LogP contribution >= 0.6 is 68.5 Å². The molecule has 4 heterocycles. The van der Waals surface area contributed by atoms with Gasteiger partial charge in [0.1, 0.15) is 11.5 Å². The van der Waals surface area contributed by atoms with Crippen LogP contribution in [0.25, 0.3) is 72.7 Å². The summed E-state index contributed by atoms with van der Waals surface area (Å²) in [6, 6.07) is 56.4. The van der Waals surface area contributed by atoms with Crippen LogP contribution in [0.2, 0.25) is 10.0 Å². The number of halogens is 2. The van der Waals surface area contributed by atoms with Gasteiger partial charge < -0.3 is 9.47 Å². The Morgan fingerprint density at radius 3 is 1.22 bits per heavy atom. The predicted octanol–water partition coefficient (Wildman–Crippen LogP) is 33.7. The first-order valence-corrected chi connectivity index (χ1v) is 50.4. The van der Waals surface area contributed by atoms with Crippen LogP contribution in [0, 0.1) is 36.3 Å². The summed E-state index contributed by atoms with van der Waals surface area (Å²) in [5, 5.41) is 13.4. The van der Waals surface area contributed by atoms with E-state index in [-0.39, 0.29) is 50.3 Å². The van der Waals surface area contributed by atoms with Gasteiger partial charge in [0.25, 0.3) is 5.70 Å². The lowest BCUT2D eigenvalue weighted by atomic mass is 9.66. The minimum absolute atomic E-state index is 0.0700. The lowest BCUT2D eigenvalue weighted by molar-refractivity contribution is 0.103. The maximum Gasteiger partial charge on any atom is 0.270 e. The van der Waals surface area contributed by atoms with E-state index in [9.17, 15) is 5.26 Å². The third-order valence-electron chi connectivity index (χ3n) is 26.5. The van der Waals surface area contributed by atoms with Gasteiger partial charge in [-0.1, -0.05) is 315 Å². The van der Waals surface area contributed by atoms with E-state index in [1.807, 2.05) is 59.9 Å². The molecule has 7 aromatic carbocycles. The summed E-state index contributed by atoms with van der Waals surface area (Å²) >= 11 is 20.7. The summed E-state index contributed by atoms with van der Waals surface area (Å²) in [5.74, 6) is 1.80. The fourth-order valence-electron chi connectivity index (χ4n) is 19.9. The van der Waals surface area contributed by atoms with Gasteiger partial charge in [0, 0.05) is 59.5 Å². The lowest BCUT2D eigenvalue weighted by Crippen LogP contribution is -2.29. The number of nitrogens with zero attached hydrogens (tertiary/aromatic N) is 3. The molecule has 4 aliphatic carbocycles. The van der Waals surface area contributed by atoms with Crippen LogP contribution < -0.4 is 9.47 Å². The van der Waals surface area contributed by atoms with Crippen LogP contribution in [0.5, 0.6) is 11.5 Å². The zero-order chi connectivity index (χ0) is 86.8. The fourth-order valence-corrected chi connectivity index (χ4v) is 25.6. The summed E-state index contributed by atoms with van der Waals surface area (Å²) < 4.78 is 18.6. The summed E-state index contributed by atoms with van der Waals surface area (Å²) in [6.07, 6.45) is 36.0. The SMILES string of the molecule is [C-]#[N+]/C(C)=C1\C(=C\c2cc3c(s2)-c2sc4c(OCC(CCCC)CCCC)c5c6c(sc5c(OCC(C)CCCC)c4c2C3(c2ccc(CCCCCC)cc2)c2ccc(CCCCCC)cc2)-c2sc(/C=C3\C(=O)c4cc(Cl)c(Cl)cc4\C3=C(\C#N)[N+]#[C-])cc2C6(c2ccc(CCCCCC)cc2)c2ccc(CCCCCC)cc2)C(=O)c2ccccc21. The number of hydrogen-bond donors (Lipinski definition) is 0.